The van der Waals surface area contributed by atoms with Crippen molar-refractivity contribution < 1.29 is 23.6 Å². The van der Waals surface area contributed by atoms with E-state index in [0.29, 0.717) is 19.7 Å². The number of carbonyl (C=O) groups excluding carboxylic acids is 1. The first-order valence-corrected chi connectivity index (χ1v) is 10.3. The maximum Gasteiger partial charge on any atom is 0.498 e. The van der Waals surface area contributed by atoms with Crippen molar-refractivity contribution in [2.24, 2.45) is 0 Å². The van der Waals surface area contributed by atoms with E-state index < -0.39 is 23.9 Å². The summed E-state index contributed by atoms with van der Waals surface area (Å²) in [6.45, 7) is 17.1. The average molecular weight is 407 g/mol. The van der Waals surface area contributed by atoms with Crippen molar-refractivity contribution >= 4 is 18.7 Å². The van der Waals surface area contributed by atoms with E-state index in [-0.39, 0.29) is 18.2 Å². The summed E-state index contributed by atoms with van der Waals surface area (Å²) in [5, 5.41) is 4.44. The van der Waals surface area contributed by atoms with Gasteiger partial charge in [-0.1, -0.05) is 0 Å². The molecule has 1 amide bonds. The number of ether oxygens (including phenoxy) is 2. The SMILES string of the molecule is C[C@@H]1CO[C@H](Cn2cc(B3OC(C)(C)C(C)(C)O3)cn2)CN1C(=O)OC(C)(C)C. The van der Waals surface area contributed by atoms with Crippen LogP contribution in [0.15, 0.2) is 12.4 Å². The topological polar surface area (TPSA) is 75.1 Å². The predicted molar refractivity (Wildman–Crippen MR) is 110 cm³/mol. The Morgan fingerprint density at radius 1 is 1.28 bits per heavy atom. The van der Waals surface area contributed by atoms with E-state index in [2.05, 4.69) is 5.10 Å². The third-order valence-electron chi connectivity index (χ3n) is 5.70. The Hall–Kier alpha value is -1.58. The molecule has 0 aliphatic carbocycles. The summed E-state index contributed by atoms with van der Waals surface area (Å²) in [7, 11) is -0.445. The van der Waals surface area contributed by atoms with Crippen LogP contribution >= 0.6 is 0 Å². The highest BCUT2D eigenvalue weighted by molar-refractivity contribution is 6.61. The smallest absolute Gasteiger partial charge is 0.444 e. The van der Waals surface area contributed by atoms with Crippen molar-refractivity contribution in [1.29, 1.82) is 0 Å². The third kappa shape index (κ3) is 4.95. The summed E-state index contributed by atoms with van der Waals surface area (Å²) in [6, 6.07) is -0.0287. The van der Waals surface area contributed by atoms with Crippen molar-refractivity contribution in [2.75, 3.05) is 13.2 Å². The van der Waals surface area contributed by atoms with Gasteiger partial charge in [0, 0.05) is 17.9 Å². The Kier molecular flexibility index (Phi) is 5.79. The number of amides is 1. The van der Waals surface area contributed by atoms with Gasteiger partial charge in [0.25, 0.3) is 0 Å². The lowest BCUT2D eigenvalue weighted by atomic mass is 9.82. The molecule has 3 rings (SSSR count). The first kappa shape index (κ1) is 22.1. The summed E-state index contributed by atoms with van der Waals surface area (Å²) in [5.74, 6) is 0. The van der Waals surface area contributed by atoms with E-state index in [0.717, 1.165) is 5.46 Å². The van der Waals surface area contributed by atoms with Crippen LogP contribution in [0, 0.1) is 0 Å². The van der Waals surface area contributed by atoms with Gasteiger partial charge in [-0.15, -0.1) is 0 Å². The quantitative estimate of drug-likeness (QED) is 0.716. The van der Waals surface area contributed by atoms with Gasteiger partial charge < -0.3 is 23.7 Å². The zero-order valence-electron chi connectivity index (χ0n) is 18.9. The molecule has 2 aliphatic rings. The van der Waals surface area contributed by atoms with Crippen molar-refractivity contribution in [3.05, 3.63) is 12.4 Å². The van der Waals surface area contributed by atoms with Crippen LogP contribution in [0.5, 0.6) is 0 Å². The molecule has 1 aromatic rings. The normalized spacial score (nSPS) is 26.6. The van der Waals surface area contributed by atoms with Crippen LogP contribution in [-0.4, -0.2) is 70.0 Å². The number of nitrogens with zero attached hydrogens (tertiary/aromatic N) is 3. The molecular weight excluding hydrogens is 373 g/mol. The molecule has 1 aromatic heterocycles. The van der Waals surface area contributed by atoms with Gasteiger partial charge >= 0.3 is 13.2 Å². The Morgan fingerprint density at radius 3 is 2.48 bits per heavy atom. The van der Waals surface area contributed by atoms with Crippen LogP contribution in [0.4, 0.5) is 4.79 Å². The molecule has 0 spiro atoms. The molecule has 9 heteroatoms. The van der Waals surface area contributed by atoms with Crippen LogP contribution in [-0.2, 0) is 25.3 Å². The van der Waals surface area contributed by atoms with Crippen LogP contribution in [0.3, 0.4) is 0 Å². The number of hydrogen-bond acceptors (Lipinski definition) is 6. The van der Waals surface area contributed by atoms with Crippen LogP contribution in [0.25, 0.3) is 0 Å². The second kappa shape index (κ2) is 7.59. The molecule has 0 aromatic carbocycles. The number of aromatic nitrogens is 2. The summed E-state index contributed by atoms with van der Waals surface area (Å²) in [4.78, 5) is 14.2. The Bertz CT molecular complexity index is 727. The van der Waals surface area contributed by atoms with Gasteiger partial charge in [0.2, 0.25) is 0 Å². The summed E-state index contributed by atoms with van der Waals surface area (Å²) < 4.78 is 25.5. The minimum absolute atomic E-state index is 0.0287. The Morgan fingerprint density at radius 2 is 1.90 bits per heavy atom. The van der Waals surface area contributed by atoms with Gasteiger partial charge in [0.05, 0.1) is 43.0 Å². The molecule has 2 aliphatic heterocycles. The van der Waals surface area contributed by atoms with Gasteiger partial charge in [-0.2, -0.15) is 5.10 Å². The minimum atomic E-state index is -0.523. The molecule has 162 valence electrons. The number of hydrogen-bond donors (Lipinski definition) is 0. The fourth-order valence-electron chi connectivity index (χ4n) is 3.29. The first-order chi connectivity index (χ1) is 13.3. The second-order valence-electron chi connectivity index (χ2n) is 10.0. The summed E-state index contributed by atoms with van der Waals surface area (Å²) in [6.07, 6.45) is 3.21. The molecule has 2 atom stereocenters. The van der Waals surface area contributed by atoms with E-state index in [9.17, 15) is 4.79 Å². The highest BCUT2D eigenvalue weighted by Gasteiger charge is 2.52. The highest BCUT2D eigenvalue weighted by Crippen LogP contribution is 2.36. The van der Waals surface area contributed by atoms with Gasteiger partial charge in [-0.05, 0) is 55.4 Å². The van der Waals surface area contributed by atoms with Crippen LogP contribution in [0.2, 0.25) is 0 Å². The van der Waals surface area contributed by atoms with Gasteiger partial charge in [0.15, 0.2) is 0 Å². The maximum absolute atomic E-state index is 12.5. The van der Waals surface area contributed by atoms with E-state index in [4.69, 9.17) is 18.8 Å². The molecule has 0 N–H and O–H groups in total. The molecule has 0 saturated carbocycles. The lowest BCUT2D eigenvalue weighted by Gasteiger charge is -2.38. The lowest BCUT2D eigenvalue weighted by Crippen LogP contribution is -2.53. The molecule has 2 fully saturated rings. The Balaban J connectivity index is 1.62. The molecule has 0 bridgehead atoms. The van der Waals surface area contributed by atoms with Crippen LogP contribution < -0.4 is 5.46 Å². The molecule has 2 saturated heterocycles. The fourth-order valence-corrected chi connectivity index (χ4v) is 3.29. The lowest BCUT2D eigenvalue weighted by molar-refractivity contribution is -0.0711. The van der Waals surface area contributed by atoms with Crippen molar-refractivity contribution in [2.45, 2.75) is 90.9 Å². The second-order valence-corrected chi connectivity index (χ2v) is 10.0. The summed E-state index contributed by atoms with van der Waals surface area (Å²) in [5.41, 5.74) is -0.437. The molecule has 0 unspecified atom stereocenters. The average Bonchev–Trinajstić information content (AvgIpc) is 3.10. The zero-order chi connectivity index (χ0) is 21.6. The minimum Gasteiger partial charge on any atom is -0.444 e. The summed E-state index contributed by atoms with van der Waals surface area (Å²) >= 11 is 0. The third-order valence-corrected chi connectivity index (χ3v) is 5.70. The van der Waals surface area contributed by atoms with E-state index in [1.54, 1.807) is 11.1 Å². The van der Waals surface area contributed by atoms with E-state index >= 15 is 0 Å². The van der Waals surface area contributed by atoms with Crippen molar-refractivity contribution in [3.8, 4) is 0 Å². The van der Waals surface area contributed by atoms with Crippen LogP contribution in [0.1, 0.15) is 55.4 Å². The zero-order valence-corrected chi connectivity index (χ0v) is 18.9. The Labute approximate surface area is 173 Å². The molecule has 8 nitrogen and oxygen atoms in total. The maximum atomic E-state index is 12.5. The van der Waals surface area contributed by atoms with Gasteiger partial charge in [0.1, 0.15) is 5.60 Å². The largest absolute Gasteiger partial charge is 0.498 e. The highest BCUT2D eigenvalue weighted by atomic mass is 16.7. The number of morpholine rings is 1. The molecule has 0 radical (unpaired) electrons. The predicted octanol–water partition coefficient (Wildman–Crippen LogP) is 2.21. The van der Waals surface area contributed by atoms with Crippen molar-refractivity contribution in [1.82, 2.24) is 14.7 Å². The van der Waals surface area contributed by atoms with Gasteiger partial charge in [-0.25, -0.2) is 4.79 Å². The van der Waals surface area contributed by atoms with Crippen molar-refractivity contribution in [3.63, 3.8) is 0 Å². The monoisotopic (exact) mass is 407 g/mol. The first-order valence-electron chi connectivity index (χ1n) is 10.3. The standard InChI is InChI=1S/C20H34BN3O5/c1-14-13-26-16(12-24(14)17(25)27-18(2,3)4)11-23-10-15(9-22-23)21-28-19(5,6)20(7,8)29-21/h9-10,14,16H,11-13H2,1-8H3/t14-,16-/m1/s1. The van der Waals surface area contributed by atoms with Gasteiger partial charge in [-0.3, -0.25) is 4.68 Å². The molecule has 29 heavy (non-hydrogen) atoms. The van der Waals surface area contributed by atoms with E-state index in [1.165, 1.54) is 0 Å². The molecule has 3 heterocycles. The van der Waals surface area contributed by atoms with E-state index in [1.807, 2.05) is 66.3 Å². The number of rotatable bonds is 3. The number of carbonyl (C=O) groups is 1. The fraction of sp³-hybridized carbons (Fsp3) is 0.800. The molecular formula is C20H34BN3O5.